The first-order chi connectivity index (χ1) is 13.6. The fourth-order valence-electron chi connectivity index (χ4n) is 3.46. The van der Waals surface area contributed by atoms with Crippen molar-refractivity contribution in [3.05, 3.63) is 64.2 Å². The summed E-state index contributed by atoms with van der Waals surface area (Å²) in [5.74, 6) is -0.790. The van der Waals surface area contributed by atoms with Gasteiger partial charge in [-0.25, -0.2) is 9.37 Å². The van der Waals surface area contributed by atoms with Crippen LogP contribution < -0.4 is 5.32 Å². The lowest BCUT2D eigenvalue weighted by Crippen LogP contribution is -2.30. The third-order valence-electron chi connectivity index (χ3n) is 5.07. The van der Waals surface area contributed by atoms with Gasteiger partial charge in [0.1, 0.15) is 17.4 Å². The third-order valence-corrected chi connectivity index (χ3v) is 5.43. The molecule has 1 N–H and O–H groups in total. The summed E-state index contributed by atoms with van der Waals surface area (Å²) >= 11 is 6.05. The van der Waals surface area contributed by atoms with Crippen LogP contribution in [0.25, 0.3) is 11.0 Å². The second kappa shape index (κ2) is 7.84. The number of aryl methyl sites for hydroxylation is 1. The SMILES string of the molecule is Cc1cc(C(C)NC(=O)Cn2cnc3ccc(F)c(Cl)c32)ccc1C(C)(C)C#N. The van der Waals surface area contributed by atoms with Gasteiger partial charge in [-0.05, 0) is 56.5 Å². The third kappa shape index (κ3) is 4.10. The molecule has 7 heteroatoms. The minimum atomic E-state index is -0.577. The Morgan fingerprint density at radius 1 is 1.38 bits per heavy atom. The summed E-state index contributed by atoms with van der Waals surface area (Å²) in [6.07, 6.45) is 1.48. The van der Waals surface area contributed by atoms with Crippen molar-refractivity contribution in [3.8, 4) is 6.07 Å². The molecule has 0 fully saturated rings. The summed E-state index contributed by atoms with van der Waals surface area (Å²) in [4.78, 5) is 16.7. The van der Waals surface area contributed by atoms with Gasteiger partial charge < -0.3 is 9.88 Å². The van der Waals surface area contributed by atoms with Crippen molar-refractivity contribution in [2.45, 2.75) is 45.7 Å². The lowest BCUT2D eigenvalue weighted by Gasteiger charge is -2.21. The molecular weight excluding hydrogens is 391 g/mol. The maximum Gasteiger partial charge on any atom is 0.240 e. The smallest absolute Gasteiger partial charge is 0.240 e. The van der Waals surface area contributed by atoms with Crippen molar-refractivity contribution in [3.63, 3.8) is 0 Å². The van der Waals surface area contributed by atoms with Gasteiger partial charge in [0.25, 0.3) is 0 Å². The van der Waals surface area contributed by atoms with Crippen molar-refractivity contribution >= 4 is 28.5 Å². The van der Waals surface area contributed by atoms with Crippen LogP contribution >= 0.6 is 11.6 Å². The van der Waals surface area contributed by atoms with Gasteiger partial charge in [0, 0.05) is 0 Å². The van der Waals surface area contributed by atoms with Crippen LogP contribution in [0, 0.1) is 24.1 Å². The predicted molar refractivity (Wildman–Crippen MR) is 111 cm³/mol. The molecule has 1 unspecified atom stereocenters. The van der Waals surface area contributed by atoms with E-state index in [0.29, 0.717) is 11.0 Å². The van der Waals surface area contributed by atoms with Crippen LogP contribution in [0.1, 0.15) is 43.5 Å². The van der Waals surface area contributed by atoms with Crippen LogP contribution in [0.4, 0.5) is 4.39 Å². The van der Waals surface area contributed by atoms with E-state index in [1.807, 2.05) is 45.9 Å². The van der Waals surface area contributed by atoms with E-state index in [9.17, 15) is 14.4 Å². The topological polar surface area (TPSA) is 70.7 Å². The van der Waals surface area contributed by atoms with E-state index in [1.54, 1.807) is 0 Å². The van der Waals surface area contributed by atoms with Crippen LogP contribution in [0.15, 0.2) is 36.7 Å². The maximum atomic E-state index is 13.8. The zero-order valence-corrected chi connectivity index (χ0v) is 17.5. The first kappa shape index (κ1) is 20.8. The van der Waals surface area contributed by atoms with E-state index in [1.165, 1.54) is 23.0 Å². The molecule has 2 aromatic carbocycles. The van der Waals surface area contributed by atoms with Gasteiger partial charge in [-0.3, -0.25) is 4.79 Å². The molecule has 0 bridgehead atoms. The van der Waals surface area contributed by atoms with Gasteiger partial charge >= 0.3 is 0 Å². The van der Waals surface area contributed by atoms with Crippen LogP contribution in [-0.4, -0.2) is 15.5 Å². The van der Waals surface area contributed by atoms with Crippen molar-refractivity contribution in [2.24, 2.45) is 0 Å². The number of halogens is 2. The molecule has 1 aromatic heterocycles. The highest BCUT2D eigenvalue weighted by molar-refractivity contribution is 6.35. The summed E-state index contributed by atoms with van der Waals surface area (Å²) in [5, 5.41) is 12.3. The number of amides is 1. The van der Waals surface area contributed by atoms with Crippen LogP contribution in [0.2, 0.25) is 5.02 Å². The number of carbonyl (C=O) groups excluding carboxylic acids is 1. The molecule has 5 nitrogen and oxygen atoms in total. The fraction of sp³-hybridized carbons (Fsp3) is 0.318. The second-order valence-corrected chi connectivity index (χ2v) is 8.08. The molecule has 0 aliphatic carbocycles. The van der Waals surface area contributed by atoms with Gasteiger partial charge in [-0.2, -0.15) is 5.26 Å². The summed E-state index contributed by atoms with van der Waals surface area (Å²) in [5.41, 5.74) is 3.25. The summed E-state index contributed by atoms with van der Waals surface area (Å²) in [6.45, 7) is 7.58. The highest BCUT2D eigenvalue weighted by Crippen LogP contribution is 2.28. The van der Waals surface area contributed by atoms with Gasteiger partial charge in [0.15, 0.2) is 0 Å². The molecule has 1 atom stereocenters. The van der Waals surface area contributed by atoms with E-state index in [0.717, 1.165) is 16.7 Å². The lowest BCUT2D eigenvalue weighted by atomic mass is 9.82. The summed E-state index contributed by atoms with van der Waals surface area (Å²) < 4.78 is 15.3. The van der Waals surface area contributed by atoms with E-state index >= 15 is 0 Å². The van der Waals surface area contributed by atoms with E-state index in [2.05, 4.69) is 16.4 Å². The van der Waals surface area contributed by atoms with Crippen molar-refractivity contribution in [1.82, 2.24) is 14.9 Å². The van der Waals surface area contributed by atoms with Crippen molar-refractivity contribution in [1.29, 1.82) is 5.26 Å². The molecule has 3 rings (SSSR count). The number of imidazole rings is 1. The van der Waals surface area contributed by atoms with Crippen LogP contribution in [0.5, 0.6) is 0 Å². The van der Waals surface area contributed by atoms with E-state index in [-0.39, 0.29) is 23.5 Å². The minimum Gasteiger partial charge on any atom is -0.348 e. The quantitative estimate of drug-likeness (QED) is 0.653. The van der Waals surface area contributed by atoms with Gasteiger partial charge in [0.05, 0.1) is 34.9 Å². The molecule has 0 saturated carbocycles. The Morgan fingerprint density at radius 2 is 2.10 bits per heavy atom. The maximum absolute atomic E-state index is 13.8. The Balaban J connectivity index is 1.76. The van der Waals surface area contributed by atoms with Crippen LogP contribution in [0.3, 0.4) is 0 Å². The Bertz CT molecular complexity index is 1130. The Kier molecular flexibility index (Phi) is 5.63. The van der Waals surface area contributed by atoms with Gasteiger partial charge in [-0.1, -0.05) is 29.8 Å². The summed E-state index contributed by atoms with van der Waals surface area (Å²) in [6, 6.07) is 10.7. The van der Waals surface area contributed by atoms with E-state index in [4.69, 9.17) is 11.6 Å². The highest BCUT2D eigenvalue weighted by atomic mass is 35.5. The molecule has 0 aliphatic heterocycles. The molecule has 0 radical (unpaired) electrons. The molecule has 150 valence electrons. The summed E-state index contributed by atoms with van der Waals surface area (Å²) in [7, 11) is 0. The van der Waals surface area contributed by atoms with E-state index < -0.39 is 11.2 Å². The number of nitriles is 1. The number of benzene rings is 2. The highest BCUT2D eigenvalue weighted by Gasteiger charge is 2.22. The zero-order chi connectivity index (χ0) is 21.3. The average molecular weight is 413 g/mol. The molecule has 0 spiro atoms. The number of nitrogens with zero attached hydrogens (tertiary/aromatic N) is 3. The number of nitrogens with one attached hydrogen (secondary N) is 1. The van der Waals surface area contributed by atoms with Gasteiger partial charge in [-0.15, -0.1) is 0 Å². The minimum absolute atomic E-state index is 0.0253. The number of hydrogen-bond acceptors (Lipinski definition) is 3. The molecule has 3 aromatic rings. The standard InChI is InChI=1S/C22H22ClFN4O/c1-13-9-15(5-6-16(13)22(3,4)11-25)14(2)27-19(29)10-28-12-26-18-8-7-17(24)20(23)21(18)28/h5-9,12,14H,10H2,1-4H3,(H,27,29). The first-order valence-corrected chi connectivity index (χ1v) is 9.62. The Labute approximate surface area is 174 Å². The molecule has 1 heterocycles. The number of carbonyl (C=O) groups is 1. The predicted octanol–water partition coefficient (Wildman–Crippen LogP) is 4.82. The molecule has 1 amide bonds. The lowest BCUT2D eigenvalue weighted by molar-refractivity contribution is -0.122. The monoisotopic (exact) mass is 412 g/mol. The molecule has 0 aliphatic rings. The van der Waals surface area contributed by atoms with Crippen molar-refractivity contribution < 1.29 is 9.18 Å². The number of hydrogen-bond donors (Lipinski definition) is 1. The second-order valence-electron chi connectivity index (χ2n) is 7.70. The van der Waals surface area contributed by atoms with Gasteiger partial charge in [0.2, 0.25) is 5.91 Å². The number of rotatable bonds is 5. The number of fused-ring (bicyclic) bond motifs is 1. The molecule has 0 saturated heterocycles. The molecular formula is C22H22ClFN4O. The normalized spacial score (nSPS) is 12.6. The average Bonchev–Trinajstić information content (AvgIpc) is 3.07. The van der Waals surface area contributed by atoms with Crippen LogP contribution in [-0.2, 0) is 16.8 Å². The molecule has 29 heavy (non-hydrogen) atoms. The number of aromatic nitrogens is 2. The fourth-order valence-corrected chi connectivity index (χ4v) is 3.73. The van der Waals surface area contributed by atoms with Crippen molar-refractivity contribution in [2.75, 3.05) is 0 Å². The largest absolute Gasteiger partial charge is 0.348 e. The zero-order valence-electron chi connectivity index (χ0n) is 16.8. The Morgan fingerprint density at radius 3 is 2.76 bits per heavy atom. The Hall–Kier alpha value is -2.91. The first-order valence-electron chi connectivity index (χ1n) is 9.24.